The van der Waals surface area contributed by atoms with Crippen LogP contribution < -0.4 is 5.32 Å². The van der Waals surface area contributed by atoms with Gasteiger partial charge in [0.25, 0.3) is 0 Å². The fourth-order valence-electron chi connectivity index (χ4n) is 1.26. The van der Waals surface area contributed by atoms with Crippen LogP contribution in [0.5, 0.6) is 0 Å². The number of carboxylic acid groups (broad SMARTS) is 1. The molecule has 1 heterocycles. The molecule has 0 aromatic carbocycles. The van der Waals surface area contributed by atoms with Crippen LogP contribution in [-0.2, 0) is 11.3 Å². The van der Waals surface area contributed by atoms with Crippen molar-refractivity contribution in [1.29, 1.82) is 0 Å². The maximum Gasteiger partial charge on any atom is 0.323 e. The number of carbonyl (C=O) groups excluding carboxylic acids is 1. The molecule has 0 aliphatic carbocycles. The lowest BCUT2D eigenvalue weighted by molar-refractivity contribution is -0.137. The van der Waals surface area contributed by atoms with Gasteiger partial charge in [-0.2, -0.15) is 0 Å². The Morgan fingerprint density at radius 3 is 2.74 bits per heavy atom. The number of aliphatic carboxylic acids is 1. The second-order valence-electron chi connectivity index (χ2n) is 3.76. The van der Waals surface area contributed by atoms with Crippen molar-refractivity contribution >= 4 is 12.0 Å². The maximum atomic E-state index is 11.7. The van der Waals surface area contributed by atoms with E-state index in [9.17, 15) is 9.59 Å². The molecule has 7 heteroatoms. The summed E-state index contributed by atoms with van der Waals surface area (Å²) in [6.07, 6.45) is 8.20. The summed E-state index contributed by atoms with van der Waals surface area (Å²) < 4.78 is 0. The molecule has 0 unspecified atom stereocenters. The first-order chi connectivity index (χ1) is 9.02. The minimum absolute atomic E-state index is 0.0717. The number of hydrogen-bond donors (Lipinski definition) is 2. The predicted octanol–water partition coefficient (Wildman–Crippen LogP) is 0.0144. The minimum atomic E-state index is -1.12. The monoisotopic (exact) mass is 262 g/mol. The Morgan fingerprint density at radius 2 is 2.21 bits per heavy atom. The summed E-state index contributed by atoms with van der Waals surface area (Å²) in [5.74, 6) is 1.11. The molecule has 0 bridgehead atoms. The first-order valence-electron chi connectivity index (χ1n) is 5.48. The van der Waals surface area contributed by atoms with Gasteiger partial charge >= 0.3 is 12.0 Å². The Labute approximate surface area is 110 Å². The first-order valence-corrected chi connectivity index (χ1v) is 5.48. The van der Waals surface area contributed by atoms with E-state index in [-0.39, 0.29) is 13.1 Å². The van der Waals surface area contributed by atoms with Gasteiger partial charge in [0.2, 0.25) is 0 Å². The Bertz CT molecular complexity index is 493. The lowest BCUT2D eigenvalue weighted by Crippen LogP contribution is -2.42. The Kier molecular flexibility index (Phi) is 5.29. The van der Waals surface area contributed by atoms with Gasteiger partial charge in [-0.1, -0.05) is 5.92 Å². The molecule has 2 amide bonds. The standard InChI is InChI=1S/C12H14N4O3/c1-3-4-16(8-11(17)18)12(19)15-7-10-6-13-9(2)5-14-10/h1,5-6H,4,7-8H2,2H3,(H,15,19)(H,17,18). The number of nitrogens with one attached hydrogen (secondary N) is 1. The largest absolute Gasteiger partial charge is 0.480 e. The fourth-order valence-corrected chi connectivity index (χ4v) is 1.26. The fraction of sp³-hybridized carbons (Fsp3) is 0.333. The highest BCUT2D eigenvalue weighted by Gasteiger charge is 2.15. The van der Waals surface area contributed by atoms with E-state index in [1.165, 1.54) is 0 Å². The van der Waals surface area contributed by atoms with Crippen molar-refractivity contribution < 1.29 is 14.7 Å². The molecular weight excluding hydrogens is 248 g/mol. The Morgan fingerprint density at radius 1 is 1.47 bits per heavy atom. The number of hydrogen-bond acceptors (Lipinski definition) is 4. The highest BCUT2D eigenvalue weighted by atomic mass is 16.4. The van der Waals surface area contributed by atoms with Crippen LogP contribution >= 0.6 is 0 Å². The van der Waals surface area contributed by atoms with E-state index in [1.54, 1.807) is 19.3 Å². The van der Waals surface area contributed by atoms with E-state index in [4.69, 9.17) is 11.5 Å². The van der Waals surface area contributed by atoms with Crippen LogP contribution in [0.2, 0.25) is 0 Å². The van der Waals surface area contributed by atoms with Crippen LogP contribution in [0.4, 0.5) is 4.79 Å². The van der Waals surface area contributed by atoms with Crippen molar-refractivity contribution in [1.82, 2.24) is 20.2 Å². The van der Waals surface area contributed by atoms with Crippen molar-refractivity contribution in [3.8, 4) is 12.3 Å². The third-order valence-electron chi connectivity index (χ3n) is 2.15. The molecule has 0 aliphatic rings. The van der Waals surface area contributed by atoms with Gasteiger partial charge in [0.15, 0.2) is 0 Å². The average molecular weight is 262 g/mol. The van der Waals surface area contributed by atoms with E-state index in [0.717, 1.165) is 10.6 Å². The van der Waals surface area contributed by atoms with Gasteiger partial charge < -0.3 is 15.3 Å². The molecule has 2 N–H and O–H groups in total. The van der Waals surface area contributed by atoms with Gasteiger partial charge in [-0.05, 0) is 6.92 Å². The summed E-state index contributed by atoms with van der Waals surface area (Å²) in [6.45, 7) is 1.44. The van der Waals surface area contributed by atoms with E-state index in [0.29, 0.717) is 5.69 Å². The van der Waals surface area contributed by atoms with Crippen molar-refractivity contribution in [3.05, 3.63) is 23.8 Å². The van der Waals surface area contributed by atoms with Crippen molar-refractivity contribution in [2.75, 3.05) is 13.1 Å². The van der Waals surface area contributed by atoms with Crippen LogP contribution in [0.15, 0.2) is 12.4 Å². The molecule has 100 valence electrons. The van der Waals surface area contributed by atoms with Gasteiger partial charge in [0.1, 0.15) is 6.54 Å². The number of aromatic nitrogens is 2. The van der Waals surface area contributed by atoms with Crippen molar-refractivity contribution in [3.63, 3.8) is 0 Å². The number of nitrogens with zero attached hydrogens (tertiary/aromatic N) is 3. The van der Waals surface area contributed by atoms with E-state index >= 15 is 0 Å². The molecule has 1 aromatic heterocycles. The van der Waals surface area contributed by atoms with Gasteiger partial charge in [0.05, 0.1) is 30.7 Å². The maximum absolute atomic E-state index is 11.7. The predicted molar refractivity (Wildman–Crippen MR) is 67.0 cm³/mol. The number of aryl methyl sites for hydroxylation is 1. The number of urea groups is 1. The van der Waals surface area contributed by atoms with Crippen LogP contribution in [0.1, 0.15) is 11.4 Å². The molecule has 1 aromatic rings. The zero-order valence-electron chi connectivity index (χ0n) is 10.5. The van der Waals surface area contributed by atoms with Gasteiger partial charge in [0, 0.05) is 6.20 Å². The van der Waals surface area contributed by atoms with Crippen LogP contribution in [0.3, 0.4) is 0 Å². The number of terminal acetylenes is 1. The zero-order valence-corrected chi connectivity index (χ0v) is 10.5. The van der Waals surface area contributed by atoms with Crippen molar-refractivity contribution in [2.45, 2.75) is 13.5 Å². The Balaban J connectivity index is 2.54. The van der Waals surface area contributed by atoms with E-state index < -0.39 is 18.5 Å². The molecule has 0 fully saturated rings. The molecular formula is C12H14N4O3. The summed E-state index contributed by atoms with van der Waals surface area (Å²) in [5.41, 5.74) is 1.35. The molecule has 0 aliphatic heterocycles. The minimum Gasteiger partial charge on any atom is -0.480 e. The second-order valence-corrected chi connectivity index (χ2v) is 3.76. The molecule has 19 heavy (non-hydrogen) atoms. The zero-order chi connectivity index (χ0) is 14.3. The first kappa shape index (κ1) is 14.4. The molecule has 0 saturated heterocycles. The smallest absolute Gasteiger partial charge is 0.323 e. The van der Waals surface area contributed by atoms with E-state index in [1.807, 2.05) is 0 Å². The summed E-state index contributed by atoms with van der Waals surface area (Å²) in [5, 5.41) is 11.2. The SMILES string of the molecule is C#CCN(CC(=O)O)C(=O)NCc1cnc(C)cn1. The van der Waals surface area contributed by atoms with Gasteiger partial charge in [-0.25, -0.2) is 4.79 Å². The molecule has 7 nitrogen and oxygen atoms in total. The topological polar surface area (TPSA) is 95.4 Å². The lowest BCUT2D eigenvalue weighted by Gasteiger charge is -2.18. The summed E-state index contributed by atoms with van der Waals surface area (Å²) >= 11 is 0. The van der Waals surface area contributed by atoms with E-state index in [2.05, 4.69) is 21.2 Å². The number of rotatable bonds is 5. The third-order valence-corrected chi connectivity index (χ3v) is 2.15. The number of carboxylic acids is 1. The molecule has 0 spiro atoms. The van der Waals surface area contributed by atoms with Crippen LogP contribution in [0, 0.1) is 19.3 Å². The molecule has 0 atom stereocenters. The third kappa shape index (κ3) is 5.04. The van der Waals surface area contributed by atoms with Crippen LogP contribution in [0.25, 0.3) is 0 Å². The lowest BCUT2D eigenvalue weighted by atomic mass is 10.4. The number of amides is 2. The van der Waals surface area contributed by atoms with Crippen LogP contribution in [-0.4, -0.2) is 45.1 Å². The molecule has 0 radical (unpaired) electrons. The normalized spacial score (nSPS) is 9.47. The quantitative estimate of drug-likeness (QED) is 0.729. The molecule has 0 saturated carbocycles. The van der Waals surface area contributed by atoms with Gasteiger partial charge in [-0.15, -0.1) is 6.42 Å². The summed E-state index contributed by atoms with van der Waals surface area (Å²) in [4.78, 5) is 31.4. The number of carbonyl (C=O) groups is 2. The summed E-state index contributed by atoms with van der Waals surface area (Å²) in [6, 6.07) is -0.553. The highest BCUT2D eigenvalue weighted by Crippen LogP contribution is 1.95. The molecule has 1 rings (SSSR count). The highest BCUT2D eigenvalue weighted by molar-refractivity contribution is 5.80. The Hall–Kier alpha value is -2.62. The van der Waals surface area contributed by atoms with Crippen molar-refractivity contribution in [2.24, 2.45) is 0 Å². The summed E-state index contributed by atoms with van der Waals surface area (Å²) in [7, 11) is 0. The average Bonchev–Trinajstić information content (AvgIpc) is 2.37. The second kappa shape index (κ2) is 6.96. The van der Waals surface area contributed by atoms with Gasteiger partial charge in [-0.3, -0.25) is 14.8 Å².